The van der Waals surface area contributed by atoms with Gasteiger partial charge in [-0.05, 0) is 50.3 Å². The van der Waals surface area contributed by atoms with E-state index in [0.29, 0.717) is 0 Å². The molecule has 0 aliphatic heterocycles. The molecule has 1 saturated carbocycles. The molecule has 1 fully saturated rings. The predicted octanol–water partition coefficient (Wildman–Crippen LogP) is 3.49. The largest absolute Gasteiger partial charge is 0.317 e. The molecular formula is C15H23N. The Bertz CT molecular complexity index is 332. The third kappa shape index (κ3) is 2.65. The second-order valence-electron chi connectivity index (χ2n) is 5.02. The summed E-state index contributed by atoms with van der Waals surface area (Å²) in [5.74, 6) is 1.64. The summed E-state index contributed by atoms with van der Waals surface area (Å²) < 4.78 is 0. The Labute approximate surface area is 99.3 Å². The molecule has 1 N–H and O–H groups in total. The Morgan fingerprint density at radius 2 is 2.19 bits per heavy atom. The zero-order valence-electron chi connectivity index (χ0n) is 10.5. The molecule has 0 saturated heterocycles. The van der Waals surface area contributed by atoms with E-state index in [-0.39, 0.29) is 0 Å². The minimum atomic E-state index is 0.791. The summed E-state index contributed by atoms with van der Waals surface area (Å²) in [5.41, 5.74) is 2.95. The number of nitrogens with one attached hydrogen (secondary N) is 1. The Hall–Kier alpha value is -0.820. The normalized spacial score (nSPS) is 24.9. The highest BCUT2D eigenvalue weighted by atomic mass is 14.8. The first-order chi connectivity index (χ1) is 7.81. The SMILES string of the molecule is CCNCC1CCCC1c1cccc(C)c1. The van der Waals surface area contributed by atoms with Gasteiger partial charge in [0.1, 0.15) is 0 Å². The minimum absolute atomic E-state index is 0.791. The number of hydrogen-bond donors (Lipinski definition) is 1. The summed E-state index contributed by atoms with van der Waals surface area (Å²) in [7, 11) is 0. The molecule has 88 valence electrons. The predicted molar refractivity (Wildman–Crippen MR) is 69.8 cm³/mol. The highest BCUT2D eigenvalue weighted by molar-refractivity contribution is 5.26. The van der Waals surface area contributed by atoms with E-state index in [4.69, 9.17) is 0 Å². The molecule has 1 aromatic rings. The number of aryl methyl sites for hydroxylation is 1. The van der Waals surface area contributed by atoms with Crippen LogP contribution in [-0.4, -0.2) is 13.1 Å². The van der Waals surface area contributed by atoms with Crippen LogP contribution in [-0.2, 0) is 0 Å². The Balaban J connectivity index is 2.07. The fourth-order valence-electron chi connectivity index (χ4n) is 2.95. The van der Waals surface area contributed by atoms with Gasteiger partial charge in [-0.1, -0.05) is 43.2 Å². The van der Waals surface area contributed by atoms with E-state index in [0.717, 1.165) is 18.4 Å². The van der Waals surface area contributed by atoms with Crippen molar-refractivity contribution in [2.45, 2.75) is 39.0 Å². The fraction of sp³-hybridized carbons (Fsp3) is 0.600. The molecule has 2 rings (SSSR count). The zero-order valence-corrected chi connectivity index (χ0v) is 10.5. The third-order valence-electron chi connectivity index (χ3n) is 3.79. The van der Waals surface area contributed by atoms with Crippen molar-refractivity contribution in [3.05, 3.63) is 35.4 Å². The molecule has 1 aliphatic carbocycles. The molecule has 0 heterocycles. The first kappa shape index (κ1) is 11.7. The molecular weight excluding hydrogens is 194 g/mol. The van der Waals surface area contributed by atoms with Crippen LogP contribution in [0.2, 0.25) is 0 Å². The van der Waals surface area contributed by atoms with E-state index in [9.17, 15) is 0 Å². The van der Waals surface area contributed by atoms with Gasteiger partial charge in [0.05, 0.1) is 0 Å². The van der Waals surface area contributed by atoms with E-state index in [1.807, 2.05) is 0 Å². The maximum Gasteiger partial charge on any atom is -0.00148 e. The molecule has 0 radical (unpaired) electrons. The molecule has 2 atom stereocenters. The van der Waals surface area contributed by atoms with Crippen molar-refractivity contribution in [2.24, 2.45) is 5.92 Å². The van der Waals surface area contributed by atoms with Gasteiger partial charge in [-0.15, -0.1) is 0 Å². The maximum atomic E-state index is 3.50. The Kier molecular flexibility index (Phi) is 4.00. The van der Waals surface area contributed by atoms with Crippen molar-refractivity contribution in [1.29, 1.82) is 0 Å². The van der Waals surface area contributed by atoms with Crippen molar-refractivity contribution in [1.82, 2.24) is 5.32 Å². The smallest absolute Gasteiger partial charge is 0.00148 e. The molecule has 0 spiro atoms. The van der Waals surface area contributed by atoms with E-state index < -0.39 is 0 Å². The molecule has 1 nitrogen and oxygen atoms in total. The van der Waals surface area contributed by atoms with Crippen molar-refractivity contribution >= 4 is 0 Å². The van der Waals surface area contributed by atoms with Crippen LogP contribution < -0.4 is 5.32 Å². The summed E-state index contributed by atoms with van der Waals surface area (Å²) in [6, 6.07) is 9.07. The van der Waals surface area contributed by atoms with Gasteiger partial charge in [-0.3, -0.25) is 0 Å². The standard InChI is InChI=1S/C15H23N/c1-3-16-11-14-8-5-9-15(14)13-7-4-6-12(2)10-13/h4,6-7,10,14-16H,3,5,8-9,11H2,1-2H3. The molecule has 0 amide bonds. The first-order valence-electron chi connectivity index (χ1n) is 6.58. The van der Waals surface area contributed by atoms with Crippen molar-refractivity contribution in [2.75, 3.05) is 13.1 Å². The van der Waals surface area contributed by atoms with Crippen LogP contribution in [0.1, 0.15) is 43.2 Å². The summed E-state index contributed by atoms with van der Waals surface area (Å²) >= 11 is 0. The summed E-state index contributed by atoms with van der Waals surface area (Å²) in [6.45, 7) is 6.67. The van der Waals surface area contributed by atoms with Gasteiger partial charge in [-0.2, -0.15) is 0 Å². The van der Waals surface area contributed by atoms with Crippen molar-refractivity contribution < 1.29 is 0 Å². The topological polar surface area (TPSA) is 12.0 Å². The lowest BCUT2D eigenvalue weighted by molar-refractivity contribution is 0.450. The molecule has 2 unspecified atom stereocenters. The average molecular weight is 217 g/mol. The highest BCUT2D eigenvalue weighted by Gasteiger charge is 2.27. The number of rotatable bonds is 4. The monoisotopic (exact) mass is 217 g/mol. The summed E-state index contributed by atoms with van der Waals surface area (Å²) in [5, 5.41) is 3.50. The summed E-state index contributed by atoms with van der Waals surface area (Å²) in [6.07, 6.45) is 4.17. The van der Waals surface area contributed by atoms with Gasteiger partial charge >= 0.3 is 0 Å². The lowest BCUT2D eigenvalue weighted by Gasteiger charge is -2.20. The number of hydrogen-bond acceptors (Lipinski definition) is 1. The van der Waals surface area contributed by atoms with E-state index in [2.05, 4.69) is 43.4 Å². The molecule has 0 bridgehead atoms. The zero-order chi connectivity index (χ0) is 11.4. The lowest BCUT2D eigenvalue weighted by Crippen LogP contribution is -2.24. The maximum absolute atomic E-state index is 3.50. The van der Waals surface area contributed by atoms with Crippen LogP contribution in [0.25, 0.3) is 0 Å². The first-order valence-corrected chi connectivity index (χ1v) is 6.58. The van der Waals surface area contributed by atoms with Gasteiger partial charge in [0, 0.05) is 0 Å². The highest BCUT2D eigenvalue weighted by Crippen LogP contribution is 2.39. The quantitative estimate of drug-likeness (QED) is 0.814. The van der Waals surface area contributed by atoms with Crippen LogP contribution in [0.3, 0.4) is 0 Å². The Morgan fingerprint density at radius 3 is 2.94 bits per heavy atom. The Morgan fingerprint density at radius 1 is 1.31 bits per heavy atom. The van der Waals surface area contributed by atoms with Gasteiger partial charge in [0.25, 0.3) is 0 Å². The van der Waals surface area contributed by atoms with E-state index >= 15 is 0 Å². The second kappa shape index (κ2) is 5.49. The van der Waals surface area contributed by atoms with Crippen LogP contribution in [0.15, 0.2) is 24.3 Å². The van der Waals surface area contributed by atoms with Crippen LogP contribution in [0.5, 0.6) is 0 Å². The molecule has 1 aromatic carbocycles. The summed E-state index contributed by atoms with van der Waals surface area (Å²) in [4.78, 5) is 0. The molecule has 1 heteroatoms. The minimum Gasteiger partial charge on any atom is -0.317 e. The number of benzene rings is 1. The molecule has 16 heavy (non-hydrogen) atoms. The van der Waals surface area contributed by atoms with Crippen molar-refractivity contribution in [3.63, 3.8) is 0 Å². The van der Waals surface area contributed by atoms with Gasteiger partial charge < -0.3 is 5.32 Å². The van der Waals surface area contributed by atoms with Crippen LogP contribution in [0.4, 0.5) is 0 Å². The lowest BCUT2D eigenvalue weighted by atomic mass is 9.88. The van der Waals surface area contributed by atoms with Crippen LogP contribution >= 0.6 is 0 Å². The van der Waals surface area contributed by atoms with Crippen molar-refractivity contribution in [3.8, 4) is 0 Å². The van der Waals surface area contributed by atoms with E-state index in [1.165, 1.54) is 31.4 Å². The molecule has 1 aliphatic rings. The van der Waals surface area contributed by atoms with E-state index in [1.54, 1.807) is 5.56 Å². The molecule has 0 aromatic heterocycles. The van der Waals surface area contributed by atoms with Gasteiger partial charge in [-0.25, -0.2) is 0 Å². The van der Waals surface area contributed by atoms with Gasteiger partial charge in [0.15, 0.2) is 0 Å². The van der Waals surface area contributed by atoms with Crippen LogP contribution in [0, 0.1) is 12.8 Å². The third-order valence-corrected chi connectivity index (χ3v) is 3.79. The second-order valence-corrected chi connectivity index (χ2v) is 5.02. The van der Waals surface area contributed by atoms with Gasteiger partial charge in [0.2, 0.25) is 0 Å². The fourth-order valence-corrected chi connectivity index (χ4v) is 2.95. The average Bonchev–Trinajstić information content (AvgIpc) is 2.74.